The minimum atomic E-state index is -0.465. The van der Waals surface area contributed by atoms with Crippen molar-refractivity contribution < 1.29 is 9.47 Å². The first kappa shape index (κ1) is 18.2. The number of aliphatic imine (C=N–C) groups is 1. The Morgan fingerprint density at radius 1 is 0.926 bits per heavy atom. The third kappa shape index (κ3) is 3.82. The number of benzene rings is 2. The molecule has 0 atom stereocenters. The number of para-hydroxylation sites is 3. The van der Waals surface area contributed by atoms with E-state index in [2.05, 4.69) is 4.99 Å². The highest BCUT2D eigenvalue weighted by Crippen LogP contribution is 2.30. The second-order valence-corrected chi connectivity index (χ2v) is 5.79. The standard InChI is InChI=1S/C20H19N3O4/c1-22-18(24)12-19(23(2)20(22)25)27-17-11-7-5-9-15(17)21-13-14-8-4-6-10-16(14)26-3/h4-13H,1-3H3. The molecule has 0 radical (unpaired) electrons. The van der Waals surface area contributed by atoms with Gasteiger partial charge in [-0.05, 0) is 24.3 Å². The zero-order valence-corrected chi connectivity index (χ0v) is 15.2. The van der Waals surface area contributed by atoms with Crippen LogP contribution in [0, 0.1) is 0 Å². The van der Waals surface area contributed by atoms with Gasteiger partial charge in [0, 0.05) is 25.9 Å². The monoisotopic (exact) mass is 365 g/mol. The van der Waals surface area contributed by atoms with E-state index in [4.69, 9.17) is 9.47 Å². The minimum absolute atomic E-state index is 0.142. The quantitative estimate of drug-likeness (QED) is 0.652. The maximum atomic E-state index is 12.1. The molecule has 3 aromatic rings. The lowest BCUT2D eigenvalue weighted by atomic mass is 10.2. The average Bonchev–Trinajstić information content (AvgIpc) is 2.70. The molecule has 0 N–H and O–H groups in total. The van der Waals surface area contributed by atoms with Gasteiger partial charge in [0.05, 0.1) is 13.2 Å². The summed E-state index contributed by atoms with van der Waals surface area (Å²) in [5.74, 6) is 1.27. The van der Waals surface area contributed by atoms with Crippen LogP contribution in [0.4, 0.5) is 5.69 Å². The highest BCUT2D eigenvalue weighted by Gasteiger charge is 2.10. The van der Waals surface area contributed by atoms with Crippen molar-refractivity contribution in [3.8, 4) is 17.4 Å². The fourth-order valence-corrected chi connectivity index (χ4v) is 2.49. The predicted octanol–water partition coefficient (Wildman–Crippen LogP) is 2.64. The van der Waals surface area contributed by atoms with E-state index in [0.717, 1.165) is 10.1 Å². The maximum Gasteiger partial charge on any atom is 0.333 e. The van der Waals surface area contributed by atoms with Crippen molar-refractivity contribution in [2.24, 2.45) is 19.1 Å². The van der Waals surface area contributed by atoms with Crippen molar-refractivity contribution in [3.05, 3.63) is 81.0 Å². The molecule has 2 aromatic carbocycles. The van der Waals surface area contributed by atoms with Crippen molar-refractivity contribution in [2.75, 3.05) is 7.11 Å². The molecule has 0 bridgehead atoms. The number of aromatic nitrogens is 2. The van der Waals surface area contributed by atoms with E-state index in [1.807, 2.05) is 30.3 Å². The number of methoxy groups -OCH3 is 1. The molecule has 0 amide bonds. The van der Waals surface area contributed by atoms with Crippen molar-refractivity contribution in [3.63, 3.8) is 0 Å². The van der Waals surface area contributed by atoms with Crippen LogP contribution in [0.1, 0.15) is 5.56 Å². The molecule has 0 fully saturated rings. The lowest BCUT2D eigenvalue weighted by Gasteiger charge is -2.12. The number of hydrogen-bond donors (Lipinski definition) is 0. The highest BCUT2D eigenvalue weighted by molar-refractivity contribution is 5.86. The summed E-state index contributed by atoms with van der Waals surface area (Å²) in [6.45, 7) is 0. The fourth-order valence-electron chi connectivity index (χ4n) is 2.49. The van der Waals surface area contributed by atoms with Crippen LogP contribution in [0.25, 0.3) is 0 Å². The molecular formula is C20H19N3O4. The van der Waals surface area contributed by atoms with Gasteiger partial charge < -0.3 is 9.47 Å². The molecule has 1 aromatic heterocycles. The van der Waals surface area contributed by atoms with E-state index in [9.17, 15) is 9.59 Å². The second-order valence-electron chi connectivity index (χ2n) is 5.79. The Hall–Kier alpha value is -3.61. The second kappa shape index (κ2) is 7.74. The van der Waals surface area contributed by atoms with Crippen LogP contribution in [0.5, 0.6) is 17.4 Å². The first-order valence-electron chi connectivity index (χ1n) is 8.22. The molecule has 0 spiro atoms. The third-order valence-corrected chi connectivity index (χ3v) is 4.04. The molecule has 0 aliphatic heterocycles. The van der Waals surface area contributed by atoms with Crippen molar-refractivity contribution in [1.82, 2.24) is 9.13 Å². The predicted molar refractivity (Wildman–Crippen MR) is 104 cm³/mol. The molecular weight excluding hydrogens is 346 g/mol. The van der Waals surface area contributed by atoms with Crippen LogP contribution in [0.3, 0.4) is 0 Å². The molecule has 7 heteroatoms. The lowest BCUT2D eigenvalue weighted by Crippen LogP contribution is -2.36. The summed E-state index contributed by atoms with van der Waals surface area (Å²) in [7, 11) is 4.55. The van der Waals surface area contributed by atoms with Gasteiger partial charge in [-0.15, -0.1) is 0 Å². The fraction of sp³-hybridized carbons (Fsp3) is 0.150. The smallest absolute Gasteiger partial charge is 0.333 e. The van der Waals surface area contributed by atoms with Crippen LogP contribution in [-0.4, -0.2) is 22.5 Å². The van der Waals surface area contributed by atoms with Crippen LogP contribution in [-0.2, 0) is 14.1 Å². The van der Waals surface area contributed by atoms with Gasteiger partial charge in [-0.1, -0.05) is 24.3 Å². The molecule has 0 aliphatic carbocycles. The normalized spacial score (nSPS) is 10.9. The summed E-state index contributed by atoms with van der Waals surface area (Å²) < 4.78 is 13.4. The third-order valence-electron chi connectivity index (χ3n) is 4.04. The topological polar surface area (TPSA) is 74.8 Å². The average molecular weight is 365 g/mol. The molecule has 0 saturated heterocycles. The van der Waals surface area contributed by atoms with E-state index in [-0.39, 0.29) is 5.88 Å². The zero-order valence-electron chi connectivity index (χ0n) is 15.2. The molecule has 0 saturated carbocycles. The number of nitrogens with zero attached hydrogens (tertiary/aromatic N) is 3. The van der Waals surface area contributed by atoms with Gasteiger partial charge in [-0.3, -0.25) is 18.9 Å². The van der Waals surface area contributed by atoms with E-state index < -0.39 is 11.2 Å². The van der Waals surface area contributed by atoms with E-state index >= 15 is 0 Å². The summed E-state index contributed by atoms with van der Waals surface area (Å²) in [6, 6.07) is 15.9. The maximum absolute atomic E-state index is 12.1. The van der Waals surface area contributed by atoms with Gasteiger partial charge >= 0.3 is 5.69 Å². The van der Waals surface area contributed by atoms with Gasteiger partial charge in [0.25, 0.3) is 5.56 Å². The van der Waals surface area contributed by atoms with E-state index in [1.165, 1.54) is 24.7 Å². The number of rotatable bonds is 5. The van der Waals surface area contributed by atoms with Crippen LogP contribution in [0.2, 0.25) is 0 Å². The molecule has 0 unspecified atom stereocenters. The van der Waals surface area contributed by atoms with E-state index in [1.54, 1.807) is 31.5 Å². The van der Waals surface area contributed by atoms with Crippen molar-refractivity contribution in [2.45, 2.75) is 0 Å². The Labute approximate surface area is 155 Å². The van der Waals surface area contributed by atoms with Gasteiger partial charge in [0.15, 0.2) is 5.75 Å². The summed E-state index contributed by atoms with van der Waals surface area (Å²) in [5.41, 5.74) is 0.461. The first-order chi connectivity index (χ1) is 13.0. The Morgan fingerprint density at radius 2 is 1.59 bits per heavy atom. The summed E-state index contributed by atoms with van der Waals surface area (Å²) in [6.07, 6.45) is 1.67. The summed E-state index contributed by atoms with van der Waals surface area (Å²) in [5, 5.41) is 0. The number of ether oxygens (including phenoxy) is 2. The Bertz CT molecular complexity index is 1110. The zero-order chi connectivity index (χ0) is 19.4. The molecule has 138 valence electrons. The van der Waals surface area contributed by atoms with Gasteiger partial charge in [-0.2, -0.15) is 0 Å². The summed E-state index contributed by atoms with van der Waals surface area (Å²) in [4.78, 5) is 28.4. The van der Waals surface area contributed by atoms with Crippen molar-refractivity contribution in [1.29, 1.82) is 0 Å². The first-order valence-corrected chi connectivity index (χ1v) is 8.22. The van der Waals surface area contributed by atoms with Crippen molar-refractivity contribution >= 4 is 11.9 Å². The molecule has 7 nitrogen and oxygen atoms in total. The Balaban J connectivity index is 1.97. The molecule has 0 aliphatic rings. The summed E-state index contributed by atoms with van der Waals surface area (Å²) >= 11 is 0. The van der Waals surface area contributed by atoms with Crippen LogP contribution < -0.4 is 20.7 Å². The molecule has 1 heterocycles. The Kier molecular flexibility index (Phi) is 5.21. The lowest BCUT2D eigenvalue weighted by molar-refractivity contribution is 0.414. The van der Waals surface area contributed by atoms with Gasteiger partial charge in [0.1, 0.15) is 11.4 Å². The minimum Gasteiger partial charge on any atom is -0.496 e. The van der Waals surface area contributed by atoms with Crippen LogP contribution in [0.15, 0.2) is 69.2 Å². The molecule has 3 rings (SSSR count). The van der Waals surface area contributed by atoms with E-state index in [0.29, 0.717) is 17.2 Å². The van der Waals surface area contributed by atoms with Gasteiger partial charge in [-0.25, -0.2) is 4.79 Å². The number of hydrogen-bond acceptors (Lipinski definition) is 5. The largest absolute Gasteiger partial charge is 0.496 e. The van der Waals surface area contributed by atoms with Gasteiger partial charge in [0.2, 0.25) is 5.88 Å². The molecule has 27 heavy (non-hydrogen) atoms. The van der Waals surface area contributed by atoms with Crippen LogP contribution >= 0.6 is 0 Å². The highest BCUT2D eigenvalue weighted by atomic mass is 16.5. The Morgan fingerprint density at radius 3 is 2.33 bits per heavy atom. The SMILES string of the molecule is COc1ccccc1C=Nc1ccccc1Oc1cc(=O)n(C)c(=O)n1C.